The molecule has 0 unspecified atom stereocenters. The molecule has 0 saturated heterocycles. The Morgan fingerprint density at radius 2 is 1.81 bits per heavy atom. The number of amides is 1. The Kier molecular flexibility index (Phi) is 4.94. The molecule has 2 aromatic heterocycles. The van der Waals surface area contributed by atoms with Crippen LogP contribution >= 0.6 is 0 Å². The van der Waals surface area contributed by atoms with Crippen molar-refractivity contribution in [2.75, 3.05) is 14.1 Å². The number of nitrogens with zero attached hydrogens (tertiary/aromatic N) is 5. The molecule has 0 radical (unpaired) electrons. The summed E-state index contributed by atoms with van der Waals surface area (Å²) in [6, 6.07) is 7.68. The first kappa shape index (κ1) is 18.9. The van der Waals surface area contributed by atoms with E-state index in [1.165, 1.54) is 38.4 Å². The molecule has 3 aromatic rings. The number of benzene rings is 1. The number of fused-ring (bicyclic) bond motifs is 1. The third kappa shape index (κ3) is 3.67. The summed E-state index contributed by atoms with van der Waals surface area (Å²) >= 11 is 0. The lowest BCUT2D eigenvalue weighted by Gasteiger charge is -2.11. The second kappa shape index (κ2) is 7.05. The molecule has 142 valence electrons. The molecule has 3 rings (SSSR count). The zero-order valence-electron chi connectivity index (χ0n) is 15.5. The average molecular weight is 388 g/mol. The highest BCUT2D eigenvalue weighted by Gasteiger charge is 2.18. The number of carbonyl (C=O) groups excluding carboxylic acids is 1. The first-order valence-corrected chi connectivity index (χ1v) is 9.63. The van der Waals surface area contributed by atoms with E-state index in [0.717, 1.165) is 15.7 Å². The maximum absolute atomic E-state index is 12.4. The number of carbonyl (C=O) groups is 1. The van der Waals surface area contributed by atoms with Gasteiger partial charge in [-0.15, -0.1) is 10.2 Å². The Hall–Kier alpha value is -2.85. The van der Waals surface area contributed by atoms with Crippen molar-refractivity contribution in [2.24, 2.45) is 0 Å². The van der Waals surface area contributed by atoms with Gasteiger partial charge in [0.1, 0.15) is 0 Å². The molecule has 1 amide bonds. The van der Waals surface area contributed by atoms with Gasteiger partial charge in [-0.1, -0.05) is 0 Å². The zero-order chi connectivity index (χ0) is 19.8. The Labute approximate surface area is 157 Å². The summed E-state index contributed by atoms with van der Waals surface area (Å²) in [7, 11) is -0.616. The molecular formula is C17H20N6O3S. The molecule has 10 heteroatoms. The van der Waals surface area contributed by atoms with Crippen molar-refractivity contribution in [3.8, 4) is 0 Å². The summed E-state index contributed by atoms with van der Waals surface area (Å²) in [5, 5.41) is 10.9. The summed E-state index contributed by atoms with van der Waals surface area (Å²) in [6.45, 7) is 3.97. The Morgan fingerprint density at radius 3 is 2.44 bits per heavy atom. The highest BCUT2D eigenvalue weighted by molar-refractivity contribution is 7.89. The first-order valence-electron chi connectivity index (χ1n) is 8.19. The Bertz CT molecular complexity index is 1100. The maximum atomic E-state index is 12.4. The lowest BCUT2D eigenvalue weighted by Crippen LogP contribution is -2.25. The minimum Gasteiger partial charge on any atom is -0.345 e. The van der Waals surface area contributed by atoms with E-state index in [9.17, 15) is 13.2 Å². The lowest BCUT2D eigenvalue weighted by molar-refractivity contribution is 0.0949. The van der Waals surface area contributed by atoms with Gasteiger partial charge in [0, 0.05) is 31.0 Å². The maximum Gasteiger partial charge on any atom is 0.255 e. The predicted octanol–water partition coefficient (Wildman–Crippen LogP) is 0.921. The van der Waals surface area contributed by atoms with Crippen molar-refractivity contribution in [1.29, 1.82) is 0 Å². The molecule has 27 heavy (non-hydrogen) atoms. The average Bonchev–Trinajstić information content (AvgIpc) is 3.02. The summed E-state index contributed by atoms with van der Waals surface area (Å²) < 4.78 is 27.1. The van der Waals surface area contributed by atoms with Crippen LogP contribution in [0.3, 0.4) is 0 Å². The molecule has 0 atom stereocenters. The zero-order valence-corrected chi connectivity index (χ0v) is 16.3. The molecule has 1 aromatic carbocycles. The first-order chi connectivity index (χ1) is 12.7. The molecule has 0 spiro atoms. The van der Waals surface area contributed by atoms with Crippen molar-refractivity contribution in [2.45, 2.75) is 25.3 Å². The predicted molar refractivity (Wildman–Crippen MR) is 98.7 cm³/mol. The Morgan fingerprint density at radius 1 is 1.15 bits per heavy atom. The number of aryl methyl sites for hydroxylation is 2. The number of nitrogens with one attached hydrogen (secondary N) is 1. The standard InChI is InChI=1S/C17H20N6O3S/c1-11-9-12(2)23-15(20-21-17(23)19-11)10-18-16(24)13-5-7-14(8-6-13)27(25,26)22(3)4/h5-9H,10H2,1-4H3,(H,18,24). The van der Waals surface area contributed by atoms with Crippen LogP contribution in [0.4, 0.5) is 0 Å². The van der Waals surface area contributed by atoms with Gasteiger partial charge in [-0.25, -0.2) is 17.7 Å². The molecule has 0 saturated carbocycles. The van der Waals surface area contributed by atoms with Gasteiger partial charge < -0.3 is 5.32 Å². The minimum atomic E-state index is -3.53. The van der Waals surface area contributed by atoms with E-state index in [4.69, 9.17) is 0 Å². The van der Waals surface area contributed by atoms with Gasteiger partial charge >= 0.3 is 0 Å². The molecular weight excluding hydrogens is 368 g/mol. The minimum absolute atomic E-state index is 0.129. The second-order valence-electron chi connectivity index (χ2n) is 6.29. The summed E-state index contributed by atoms with van der Waals surface area (Å²) in [6.07, 6.45) is 0. The molecule has 0 bridgehead atoms. The molecule has 0 fully saturated rings. The summed E-state index contributed by atoms with van der Waals surface area (Å²) in [5.41, 5.74) is 2.12. The van der Waals surface area contributed by atoms with Crippen LogP contribution in [0.25, 0.3) is 5.78 Å². The van der Waals surface area contributed by atoms with E-state index >= 15 is 0 Å². The van der Waals surface area contributed by atoms with Crippen LogP contribution < -0.4 is 5.32 Å². The fourth-order valence-electron chi connectivity index (χ4n) is 2.66. The van der Waals surface area contributed by atoms with Crippen LogP contribution in [-0.2, 0) is 16.6 Å². The second-order valence-corrected chi connectivity index (χ2v) is 8.44. The van der Waals surface area contributed by atoms with Crippen LogP contribution in [0.5, 0.6) is 0 Å². The normalized spacial score (nSPS) is 11.9. The highest BCUT2D eigenvalue weighted by Crippen LogP contribution is 2.14. The fourth-order valence-corrected chi connectivity index (χ4v) is 3.56. The van der Waals surface area contributed by atoms with Crippen molar-refractivity contribution in [1.82, 2.24) is 29.2 Å². The third-order valence-electron chi connectivity index (χ3n) is 4.06. The number of hydrogen-bond donors (Lipinski definition) is 1. The highest BCUT2D eigenvalue weighted by atomic mass is 32.2. The number of rotatable bonds is 5. The Balaban J connectivity index is 1.75. The summed E-state index contributed by atoms with van der Waals surface area (Å²) in [4.78, 5) is 16.8. The smallest absolute Gasteiger partial charge is 0.255 e. The molecule has 0 aliphatic rings. The van der Waals surface area contributed by atoms with Crippen LogP contribution in [-0.4, -0.2) is 52.3 Å². The largest absolute Gasteiger partial charge is 0.345 e. The molecule has 0 aliphatic carbocycles. The van der Waals surface area contributed by atoms with E-state index in [-0.39, 0.29) is 17.3 Å². The fraction of sp³-hybridized carbons (Fsp3) is 0.294. The molecule has 2 heterocycles. The molecule has 9 nitrogen and oxygen atoms in total. The van der Waals surface area contributed by atoms with Crippen LogP contribution in [0.1, 0.15) is 27.6 Å². The number of hydrogen-bond acceptors (Lipinski definition) is 6. The third-order valence-corrected chi connectivity index (χ3v) is 5.89. The quantitative estimate of drug-likeness (QED) is 0.696. The SMILES string of the molecule is Cc1cc(C)n2c(CNC(=O)c3ccc(S(=O)(=O)N(C)C)cc3)nnc2n1. The number of sulfonamides is 1. The van der Waals surface area contributed by atoms with E-state index < -0.39 is 10.0 Å². The van der Waals surface area contributed by atoms with Gasteiger partial charge in [-0.3, -0.25) is 9.20 Å². The topological polar surface area (TPSA) is 110 Å². The van der Waals surface area contributed by atoms with Crippen LogP contribution in [0.2, 0.25) is 0 Å². The van der Waals surface area contributed by atoms with Crippen LogP contribution in [0, 0.1) is 13.8 Å². The van der Waals surface area contributed by atoms with Crippen LogP contribution in [0.15, 0.2) is 35.2 Å². The van der Waals surface area contributed by atoms with Gasteiger partial charge in [-0.2, -0.15) is 0 Å². The van der Waals surface area contributed by atoms with Gasteiger partial charge in [0.25, 0.3) is 11.7 Å². The molecule has 0 aliphatic heterocycles. The van der Waals surface area contributed by atoms with E-state index in [1.807, 2.05) is 19.9 Å². The monoisotopic (exact) mass is 388 g/mol. The lowest BCUT2D eigenvalue weighted by atomic mass is 10.2. The van der Waals surface area contributed by atoms with Gasteiger partial charge in [0.2, 0.25) is 10.0 Å². The van der Waals surface area contributed by atoms with Crippen molar-refractivity contribution in [3.63, 3.8) is 0 Å². The van der Waals surface area contributed by atoms with Gasteiger partial charge in [-0.05, 0) is 44.2 Å². The van der Waals surface area contributed by atoms with E-state index in [0.29, 0.717) is 17.2 Å². The van der Waals surface area contributed by atoms with Gasteiger partial charge in [0.15, 0.2) is 5.82 Å². The van der Waals surface area contributed by atoms with Crippen molar-refractivity contribution < 1.29 is 13.2 Å². The van der Waals surface area contributed by atoms with Crippen molar-refractivity contribution >= 4 is 21.7 Å². The van der Waals surface area contributed by atoms with E-state index in [1.54, 1.807) is 4.40 Å². The van der Waals surface area contributed by atoms with E-state index in [2.05, 4.69) is 20.5 Å². The molecule has 1 N–H and O–H groups in total. The number of aromatic nitrogens is 4. The van der Waals surface area contributed by atoms with Gasteiger partial charge in [0.05, 0.1) is 11.4 Å². The summed E-state index contributed by atoms with van der Waals surface area (Å²) in [5.74, 6) is 0.712. The van der Waals surface area contributed by atoms with Crippen molar-refractivity contribution in [3.05, 3.63) is 53.1 Å².